The lowest BCUT2D eigenvalue weighted by atomic mass is 10.1. The smallest absolute Gasteiger partial charge is 0.335 e. The molecule has 0 aliphatic rings. The lowest BCUT2D eigenvalue weighted by Crippen LogP contribution is -1.94. The van der Waals surface area contributed by atoms with Gasteiger partial charge in [0.2, 0.25) is 0 Å². The summed E-state index contributed by atoms with van der Waals surface area (Å²) in [5, 5.41) is 8.62. The largest absolute Gasteiger partial charge is 0.478 e. The van der Waals surface area contributed by atoms with E-state index >= 15 is 0 Å². The van der Waals surface area contributed by atoms with E-state index in [1.165, 1.54) is 25.1 Å². The first-order valence-electron chi connectivity index (χ1n) is 4.11. The first kappa shape index (κ1) is 10.2. The van der Waals surface area contributed by atoms with Gasteiger partial charge in [0.25, 0.3) is 0 Å². The zero-order valence-electron chi connectivity index (χ0n) is 7.73. The number of carboxylic acid groups (broad SMARTS) is 1. The summed E-state index contributed by atoms with van der Waals surface area (Å²) in [5.41, 5.74) is 1.05. The molecule has 0 unspecified atom stereocenters. The van der Waals surface area contributed by atoms with Crippen LogP contribution in [0.3, 0.4) is 0 Å². The fourth-order valence-electron chi connectivity index (χ4n) is 0.950. The molecule has 0 aliphatic heterocycles. The molecule has 1 rings (SSSR count). The minimum absolute atomic E-state index is 0.0349. The average molecular weight is 190 g/mol. The second-order valence-electron chi connectivity index (χ2n) is 2.87. The molecule has 0 atom stereocenters. The second-order valence-corrected chi connectivity index (χ2v) is 2.87. The molecule has 3 heteroatoms. The molecule has 1 aromatic carbocycles. The van der Waals surface area contributed by atoms with Gasteiger partial charge in [-0.05, 0) is 30.7 Å². The van der Waals surface area contributed by atoms with E-state index < -0.39 is 5.97 Å². The van der Waals surface area contributed by atoms with E-state index in [1.54, 1.807) is 18.2 Å². The minimum atomic E-state index is -0.952. The van der Waals surface area contributed by atoms with Crippen molar-refractivity contribution in [3.63, 3.8) is 0 Å². The van der Waals surface area contributed by atoms with Gasteiger partial charge in [0.1, 0.15) is 0 Å². The van der Waals surface area contributed by atoms with E-state index in [-0.39, 0.29) is 11.3 Å². The molecular weight excluding hydrogens is 180 g/mol. The standard InChI is InChI=1S/C11H10O3/c1-8(12)2-3-9-4-6-10(7-5-9)11(13)14/h2-7H,1H3,(H,13,14). The Bertz CT molecular complexity index is 374. The molecule has 0 spiro atoms. The molecule has 1 aromatic rings. The molecule has 0 radical (unpaired) electrons. The van der Waals surface area contributed by atoms with E-state index in [9.17, 15) is 9.59 Å². The Labute approximate surface area is 81.7 Å². The number of aromatic carboxylic acids is 1. The quantitative estimate of drug-likeness (QED) is 0.741. The minimum Gasteiger partial charge on any atom is -0.478 e. The predicted octanol–water partition coefficient (Wildman–Crippen LogP) is 1.99. The van der Waals surface area contributed by atoms with Crippen molar-refractivity contribution in [1.29, 1.82) is 0 Å². The number of carbonyl (C=O) groups excluding carboxylic acids is 1. The molecule has 1 N–H and O–H groups in total. The summed E-state index contributed by atoms with van der Waals surface area (Å²) in [6, 6.07) is 6.32. The van der Waals surface area contributed by atoms with Crippen LogP contribution in [-0.2, 0) is 4.79 Å². The molecule has 0 bridgehead atoms. The predicted molar refractivity (Wildman–Crippen MR) is 53.1 cm³/mol. The number of allylic oxidation sites excluding steroid dienone is 1. The van der Waals surface area contributed by atoms with Crippen molar-refractivity contribution in [2.75, 3.05) is 0 Å². The Balaban J connectivity index is 2.83. The Morgan fingerprint density at radius 3 is 2.21 bits per heavy atom. The van der Waals surface area contributed by atoms with Crippen LogP contribution in [0.5, 0.6) is 0 Å². The van der Waals surface area contributed by atoms with E-state index in [0.717, 1.165) is 5.56 Å². The number of rotatable bonds is 3. The molecule has 14 heavy (non-hydrogen) atoms. The third kappa shape index (κ3) is 2.86. The number of hydrogen-bond donors (Lipinski definition) is 1. The maximum absolute atomic E-state index is 10.6. The van der Waals surface area contributed by atoms with E-state index in [4.69, 9.17) is 5.11 Å². The summed E-state index contributed by atoms with van der Waals surface area (Å²) in [5.74, 6) is -0.987. The summed E-state index contributed by atoms with van der Waals surface area (Å²) >= 11 is 0. The Kier molecular flexibility index (Phi) is 3.18. The van der Waals surface area contributed by atoms with Gasteiger partial charge in [0, 0.05) is 0 Å². The van der Waals surface area contributed by atoms with Gasteiger partial charge >= 0.3 is 5.97 Å². The summed E-state index contributed by atoms with van der Waals surface area (Å²) in [6.07, 6.45) is 3.09. The highest BCUT2D eigenvalue weighted by Gasteiger charge is 1.99. The van der Waals surface area contributed by atoms with Crippen LogP contribution in [0.25, 0.3) is 6.08 Å². The molecule has 0 saturated carbocycles. The topological polar surface area (TPSA) is 54.4 Å². The van der Waals surface area contributed by atoms with E-state index in [0.29, 0.717) is 0 Å². The van der Waals surface area contributed by atoms with Gasteiger partial charge in [-0.3, -0.25) is 4.79 Å². The molecule has 0 fully saturated rings. The molecular formula is C11H10O3. The third-order valence-electron chi connectivity index (χ3n) is 1.67. The first-order chi connectivity index (χ1) is 6.59. The second kappa shape index (κ2) is 4.37. The SMILES string of the molecule is CC(=O)C=Cc1ccc(C(=O)O)cc1. The van der Waals surface area contributed by atoms with Gasteiger partial charge in [-0.15, -0.1) is 0 Å². The Hall–Kier alpha value is -1.90. The van der Waals surface area contributed by atoms with Crippen molar-refractivity contribution >= 4 is 17.8 Å². The van der Waals surface area contributed by atoms with Gasteiger partial charge in [-0.2, -0.15) is 0 Å². The van der Waals surface area contributed by atoms with Crippen LogP contribution in [0.2, 0.25) is 0 Å². The highest BCUT2D eigenvalue weighted by atomic mass is 16.4. The highest BCUT2D eigenvalue weighted by molar-refractivity contribution is 5.92. The molecule has 3 nitrogen and oxygen atoms in total. The van der Waals surface area contributed by atoms with Crippen molar-refractivity contribution in [3.8, 4) is 0 Å². The van der Waals surface area contributed by atoms with Crippen LogP contribution >= 0.6 is 0 Å². The van der Waals surface area contributed by atoms with Crippen molar-refractivity contribution < 1.29 is 14.7 Å². The van der Waals surface area contributed by atoms with Crippen LogP contribution in [0.4, 0.5) is 0 Å². The summed E-state index contributed by atoms with van der Waals surface area (Å²) < 4.78 is 0. The summed E-state index contributed by atoms with van der Waals surface area (Å²) in [7, 11) is 0. The maximum atomic E-state index is 10.6. The molecule has 0 amide bonds. The Morgan fingerprint density at radius 2 is 1.79 bits per heavy atom. The summed E-state index contributed by atoms with van der Waals surface area (Å²) in [6.45, 7) is 1.46. The zero-order chi connectivity index (χ0) is 10.6. The molecule has 0 aromatic heterocycles. The van der Waals surface area contributed by atoms with E-state index in [2.05, 4.69) is 0 Å². The third-order valence-corrected chi connectivity index (χ3v) is 1.67. The van der Waals surface area contributed by atoms with E-state index in [1.807, 2.05) is 0 Å². The number of carboxylic acids is 1. The van der Waals surface area contributed by atoms with Crippen molar-refractivity contribution in [3.05, 3.63) is 41.5 Å². The number of carbonyl (C=O) groups is 2. The zero-order valence-corrected chi connectivity index (χ0v) is 7.73. The number of ketones is 1. The number of benzene rings is 1. The fourth-order valence-corrected chi connectivity index (χ4v) is 0.950. The van der Waals surface area contributed by atoms with Gasteiger partial charge in [0.05, 0.1) is 5.56 Å². The highest BCUT2D eigenvalue weighted by Crippen LogP contribution is 2.06. The van der Waals surface area contributed by atoms with Crippen molar-refractivity contribution in [2.24, 2.45) is 0 Å². The maximum Gasteiger partial charge on any atom is 0.335 e. The van der Waals surface area contributed by atoms with Crippen LogP contribution < -0.4 is 0 Å². The molecule has 0 saturated heterocycles. The lowest BCUT2D eigenvalue weighted by Gasteiger charge is -1.94. The van der Waals surface area contributed by atoms with Crippen LogP contribution in [0, 0.1) is 0 Å². The lowest BCUT2D eigenvalue weighted by molar-refractivity contribution is -0.112. The first-order valence-corrected chi connectivity index (χ1v) is 4.11. The van der Waals surface area contributed by atoms with Crippen molar-refractivity contribution in [2.45, 2.75) is 6.92 Å². The average Bonchev–Trinajstić information content (AvgIpc) is 2.15. The summed E-state index contributed by atoms with van der Waals surface area (Å²) in [4.78, 5) is 21.1. The fraction of sp³-hybridized carbons (Fsp3) is 0.0909. The normalized spacial score (nSPS) is 10.4. The van der Waals surface area contributed by atoms with Gasteiger partial charge in [-0.25, -0.2) is 4.79 Å². The molecule has 0 heterocycles. The Morgan fingerprint density at radius 1 is 1.21 bits per heavy atom. The van der Waals surface area contributed by atoms with Gasteiger partial charge < -0.3 is 5.11 Å². The van der Waals surface area contributed by atoms with Gasteiger partial charge in [-0.1, -0.05) is 18.2 Å². The van der Waals surface area contributed by atoms with Crippen LogP contribution in [0.1, 0.15) is 22.8 Å². The number of hydrogen-bond acceptors (Lipinski definition) is 2. The molecule has 0 aliphatic carbocycles. The van der Waals surface area contributed by atoms with Gasteiger partial charge in [0.15, 0.2) is 5.78 Å². The van der Waals surface area contributed by atoms with Crippen molar-refractivity contribution in [1.82, 2.24) is 0 Å². The van der Waals surface area contributed by atoms with Crippen LogP contribution in [-0.4, -0.2) is 16.9 Å². The molecule has 72 valence electrons. The monoisotopic (exact) mass is 190 g/mol. The van der Waals surface area contributed by atoms with Crippen LogP contribution in [0.15, 0.2) is 30.3 Å².